The molecule has 1 aliphatic heterocycles. The second-order valence-electron chi connectivity index (χ2n) is 6.93. The number of rotatable bonds is 8. The lowest BCUT2D eigenvalue weighted by molar-refractivity contribution is -0.149. The average molecular weight is 437 g/mol. The Labute approximate surface area is 166 Å². The Morgan fingerprint density at radius 2 is 2.10 bits per heavy atom. The van der Waals surface area contributed by atoms with Gasteiger partial charge in [0.25, 0.3) is 13.7 Å². The number of carbonyl (C=O) groups excluding carboxylic acids is 1. The fourth-order valence-corrected chi connectivity index (χ4v) is 3.48. The van der Waals surface area contributed by atoms with E-state index in [1.807, 2.05) is 4.98 Å². The fraction of sp³-hybridized carbons (Fsp3) is 0.688. The van der Waals surface area contributed by atoms with E-state index in [1.54, 1.807) is 13.8 Å². The van der Waals surface area contributed by atoms with Crippen molar-refractivity contribution in [1.82, 2.24) is 14.6 Å². The van der Waals surface area contributed by atoms with Crippen LogP contribution in [0.3, 0.4) is 0 Å². The molecule has 1 saturated heterocycles. The van der Waals surface area contributed by atoms with Crippen molar-refractivity contribution in [2.24, 2.45) is 0 Å². The normalized spacial score (nSPS) is 26.4. The molecule has 1 aromatic rings. The van der Waals surface area contributed by atoms with Crippen LogP contribution < -0.4 is 16.3 Å². The zero-order valence-electron chi connectivity index (χ0n) is 16.4. The lowest BCUT2D eigenvalue weighted by Crippen LogP contribution is -2.36. The zero-order chi connectivity index (χ0) is 21.9. The molecule has 2 rings (SSSR count). The Morgan fingerprint density at radius 1 is 1.45 bits per heavy atom. The van der Waals surface area contributed by atoms with Crippen LogP contribution in [0.1, 0.15) is 32.6 Å². The van der Waals surface area contributed by atoms with Crippen molar-refractivity contribution < 1.29 is 32.9 Å². The van der Waals surface area contributed by atoms with Crippen LogP contribution in [0.2, 0.25) is 0 Å². The molecular weight excluding hydrogens is 412 g/mol. The molecule has 1 fully saturated rings. The molecule has 1 aliphatic rings. The molecule has 29 heavy (non-hydrogen) atoms. The number of aliphatic hydroxyl groups is 1. The quantitative estimate of drug-likeness (QED) is 0.371. The number of aliphatic hydroxyl groups excluding tert-OH is 1. The largest absolute Gasteiger partial charge is 0.462 e. The van der Waals surface area contributed by atoms with Crippen LogP contribution in [-0.2, 0) is 23.4 Å². The SMILES string of the molecule is Cc1cn([C@H]2O[C@@H](CO[P@H](=O)N[C@@H](C)C(=O)OC(C)C)C(O)C2F)c(=O)[nH]c1=O. The minimum absolute atomic E-state index is 0.158. The highest BCUT2D eigenvalue weighted by molar-refractivity contribution is 7.36. The van der Waals surface area contributed by atoms with Gasteiger partial charge in [0.1, 0.15) is 18.2 Å². The molecular formula is C16H25FN3O8P. The standard InChI is InChI=1S/C16H25FN3O8P/c1-7(2)27-15(23)9(4)19-29(25)26-6-10-12(21)11(17)14(28-10)20-5-8(3)13(22)18-16(20)24/h5,7,9-12,14,21,29H,6H2,1-4H3,(H,19,25)(H,18,22,24)/t9-,10-,11?,12?,14-/m0/s1. The second-order valence-corrected chi connectivity index (χ2v) is 8.08. The molecule has 11 nitrogen and oxygen atoms in total. The van der Waals surface area contributed by atoms with Crippen molar-refractivity contribution in [1.29, 1.82) is 0 Å². The first-order valence-corrected chi connectivity index (χ1v) is 10.3. The predicted octanol–water partition coefficient (Wildman–Crippen LogP) is -0.223. The summed E-state index contributed by atoms with van der Waals surface area (Å²) in [5.74, 6) is -0.615. The molecule has 6 atom stereocenters. The van der Waals surface area contributed by atoms with Gasteiger partial charge in [-0.3, -0.25) is 23.7 Å². The van der Waals surface area contributed by atoms with Crippen LogP contribution >= 0.6 is 8.18 Å². The average Bonchev–Trinajstić information content (AvgIpc) is 2.90. The summed E-state index contributed by atoms with van der Waals surface area (Å²) in [4.78, 5) is 37.1. The van der Waals surface area contributed by atoms with E-state index >= 15 is 0 Å². The maximum absolute atomic E-state index is 14.5. The number of carbonyl (C=O) groups is 1. The number of esters is 1. The third-order valence-corrected chi connectivity index (χ3v) is 5.23. The minimum Gasteiger partial charge on any atom is -0.462 e. The maximum Gasteiger partial charge on any atom is 0.330 e. The van der Waals surface area contributed by atoms with E-state index in [0.29, 0.717) is 0 Å². The van der Waals surface area contributed by atoms with Gasteiger partial charge in [-0.05, 0) is 27.7 Å². The summed E-state index contributed by atoms with van der Waals surface area (Å²) in [6.45, 7) is 5.75. The summed E-state index contributed by atoms with van der Waals surface area (Å²) >= 11 is 0. The first-order chi connectivity index (χ1) is 13.5. The summed E-state index contributed by atoms with van der Waals surface area (Å²) in [5.41, 5.74) is -1.35. The third kappa shape index (κ3) is 5.83. The molecule has 2 heterocycles. The molecule has 0 aromatic carbocycles. The van der Waals surface area contributed by atoms with Crippen molar-refractivity contribution in [2.45, 2.75) is 64.4 Å². The molecule has 1 aromatic heterocycles. The van der Waals surface area contributed by atoms with Crippen molar-refractivity contribution in [3.63, 3.8) is 0 Å². The number of H-pyrrole nitrogens is 1. The number of aromatic amines is 1. The van der Waals surface area contributed by atoms with E-state index in [0.717, 1.165) is 10.8 Å². The van der Waals surface area contributed by atoms with Crippen molar-refractivity contribution in [2.75, 3.05) is 6.61 Å². The van der Waals surface area contributed by atoms with E-state index < -0.39 is 62.7 Å². The fourth-order valence-electron chi connectivity index (χ4n) is 2.61. The topological polar surface area (TPSA) is 149 Å². The Kier molecular flexibility index (Phi) is 7.89. The number of ether oxygens (including phenoxy) is 2. The van der Waals surface area contributed by atoms with Gasteiger partial charge in [-0.15, -0.1) is 0 Å². The molecule has 13 heteroatoms. The Balaban J connectivity index is 1.97. The summed E-state index contributed by atoms with van der Waals surface area (Å²) < 4.78 is 42.7. The van der Waals surface area contributed by atoms with Gasteiger partial charge in [0.15, 0.2) is 12.4 Å². The zero-order valence-corrected chi connectivity index (χ0v) is 17.4. The predicted molar refractivity (Wildman–Crippen MR) is 99.7 cm³/mol. The highest BCUT2D eigenvalue weighted by Crippen LogP contribution is 2.32. The van der Waals surface area contributed by atoms with Crippen molar-refractivity contribution in [3.05, 3.63) is 32.6 Å². The van der Waals surface area contributed by atoms with Crippen molar-refractivity contribution in [3.8, 4) is 0 Å². The highest BCUT2D eigenvalue weighted by Gasteiger charge is 2.46. The number of hydrogen-bond donors (Lipinski definition) is 3. The molecule has 0 spiro atoms. The van der Waals surface area contributed by atoms with Gasteiger partial charge >= 0.3 is 11.7 Å². The number of halogens is 1. The summed E-state index contributed by atoms with van der Waals surface area (Å²) in [7, 11) is -2.93. The van der Waals surface area contributed by atoms with Crippen LogP contribution in [0.25, 0.3) is 0 Å². The van der Waals surface area contributed by atoms with E-state index in [4.69, 9.17) is 14.0 Å². The van der Waals surface area contributed by atoms with Crippen LogP contribution in [0.4, 0.5) is 4.39 Å². The van der Waals surface area contributed by atoms with E-state index in [2.05, 4.69) is 5.09 Å². The number of alkyl halides is 1. The first-order valence-electron chi connectivity index (χ1n) is 8.94. The number of hydrogen-bond acceptors (Lipinski definition) is 8. The van der Waals surface area contributed by atoms with Gasteiger partial charge in [-0.1, -0.05) is 0 Å². The number of nitrogens with zero attached hydrogens (tertiary/aromatic N) is 1. The third-order valence-electron chi connectivity index (χ3n) is 4.13. The number of aryl methyl sites for hydroxylation is 1. The Morgan fingerprint density at radius 3 is 2.72 bits per heavy atom. The summed E-state index contributed by atoms with van der Waals surface area (Å²) in [6.07, 6.45) is -5.56. The molecule has 0 saturated carbocycles. The van der Waals surface area contributed by atoms with Gasteiger partial charge in [-0.2, -0.15) is 0 Å². The Bertz CT molecular complexity index is 872. The molecule has 3 N–H and O–H groups in total. The van der Waals surface area contributed by atoms with E-state index in [-0.39, 0.29) is 11.7 Å². The molecule has 2 unspecified atom stereocenters. The Hall–Kier alpha value is -1.85. The van der Waals surface area contributed by atoms with Gasteiger partial charge in [0, 0.05) is 11.8 Å². The minimum atomic E-state index is -2.93. The van der Waals surface area contributed by atoms with Gasteiger partial charge in [-0.25, -0.2) is 14.3 Å². The summed E-state index contributed by atoms with van der Waals surface area (Å²) in [5, 5.41) is 12.5. The molecule has 0 aliphatic carbocycles. The van der Waals surface area contributed by atoms with Crippen LogP contribution in [0, 0.1) is 6.92 Å². The van der Waals surface area contributed by atoms with Crippen LogP contribution in [0.15, 0.2) is 15.8 Å². The smallest absolute Gasteiger partial charge is 0.330 e. The maximum atomic E-state index is 14.5. The first kappa shape index (κ1) is 23.4. The van der Waals surface area contributed by atoms with Gasteiger partial charge in [0.2, 0.25) is 0 Å². The lowest BCUT2D eigenvalue weighted by Gasteiger charge is -2.18. The van der Waals surface area contributed by atoms with Gasteiger partial charge in [0.05, 0.1) is 12.7 Å². The number of aromatic nitrogens is 2. The van der Waals surface area contributed by atoms with Crippen LogP contribution in [-0.4, -0.2) is 57.8 Å². The number of nitrogens with one attached hydrogen (secondary N) is 2. The second kappa shape index (κ2) is 9.77. The lowest BCUT2D eigenvalue weighted by atomic mass is 10.1. The van der Waals surface area contributed by atoms with E-state index in [9.17, 15) is 28.4 Å². The molecule has 164 valence electrons. The van der Waals surface area contributed by atoms with Crippen molar-refractivity contribution >= 4 is 14.1 Å². The summed E-state index contributed by atoms with van der Waals surface area (Å²) in [6, 6.07) is -0.900. The van der Waals surface area contributed by atoms with E-state index in [1.165, 1.54) is 13.8 Å². The molecule has 0 amide bonds. The van der Waals surface area contributed by atoms with Crippen LogP contribution in [0.5, 0.6) is 0 Å². The van der Waals surface area contributed by atoms with Gasteiger partial charge < -0.3 is 19.1 Å². The molecule has 0 radical (unpaired) electrons. The monoisotopic (exact) mass is 437 g/mol. The highest BCUT2D eigenvalue weighted by atomic mass is 31.1. The molecule has 0 bridgehead atoms.